The Morgan fingerprint density at radius 2 is 1.87 bits per heavy atom. The molecule has 4 aromatic rings. The van der Waals surface area contributed by atoms with Crippen LogP contribution in [0.15, 0.2) is 48.8 Å². The van der Waals surface area contributed by atoms with E-state index in [1.165, 1.54) is 55.1 Å². The van der Waals surface area contributed by atoms with Gasteiger partial charge in [-0.1, -0.05) is 22.9 Å². The molecule has 5 rings (SSSR count). The van der Waals surface area contributed by atoms with Gasteiger partial charge in [0.05, 0.1) is 42.5 Å². The molecule has 0 unspecified atom stereocenters. The van der Waals surface area contributed by atoms with Crippen LogP contribution < -0.4 is 14.8 Å². The molecular weight excluding hydrogens is 552 g/mol. The van der Waals surface area contributed by atoms with Crippen molar-refractivity contribution in [3.05, 3.63) is 81.3 Å². The van der Waals surface area contributed by atoms with Gasteiger partial charge in [-0.3, -0.25) is 19.9 Å². The Kier molecular flexibility index (Phi) is 7.40. The maximum atomic E-state index is 13.3. The summed E-state index contributed by atoms with van der Waals surface area (Å²) in [4.78, 5) is 41.4. The fourth-order valence-electron chi connectivity index (χ4n) is 4.12. The molecule has 13 heteroatoms. The summed E-state index contributed by atoms with van der Waals surface area (Å²) < 4.78 is 34.5. The number of halogens is 3. The molecule has 4 heterocycles. The van der Waals surface area contributed by atoms with E-state index in [4.69, 9.17) is 16.3 Å². The number of hydrogen-bond donors (Lipinski definition) is 1. The number of pyridine rings is 2. The lowest BCUT2D eigenvalue weighted by molar-refractivity contribution is -0.0498. The third-order valence-corrected chi connectivity index (χ3v) is 7.12. The van der Waals surface area contributed by atoms with E-state index in [1.807, 2.05) is 6.92 Å². The summed E-state index contributed by atoms with van der Waals surface area (Å²) in [5, 5.41) is 3.46. The van der Waals surface area contributed by atoms with Crippen LogP contribution in [-0.2, 0) is 13.1 Å². The maximum Gasteiger partial charge on any atom is 0.387 e. The van der Waals surface area contributed by atoms with Crippen LogP contribution in [0.25, 0.3) is 11.1 Å². The van der Waals surface area contributed by atoms with E-state index >= 15 is 0 Å². The van der Waals surface area contributed by atoms with Crippen LogP contribution in [0.5, 0.6) is 11.5 Å². The number of anilines is 1. The SMILES string of the molecule is COc1cnc(Cl)cc1-c1cc(C)ncc1C(=O)Nc1nc2c(s1)CN(C(=O)c1ccc(OC(F)F)cc1)C2. The van der Waals surface area contributed by atoms with Crippen LogP contribution in [0, 0.1) is 6.92 Å². The van der Waals surface area contributed by atoms with Gasteiger partial charge in [0, 0.05) is 28.6 Å². The normalized spacial score (nSPS) is 12.4. The number of aryl methyl sites for hydroxylation is 1. The Hall–Kier alpha value is -4.16. The zero-order valence-corrected chi connectivity index (χ0v) is 22.1. The van der Waals surface area contributed by atoms with E-state index in [0.29, 0.717) is 51.1 Å². The fraction of sp³-hybridized carbons (Fsp3) is 0.192. The van der Waals surface area contributed by atoms with Crippen LogP contribution in [0.3, 0.4) is 0 Å². The van der Waals surface area contributed by atoms with Gasteiger partial charge in [0.25, 0.3) is 11.8 Å². The quantitative estimate of drug-likeness (QED) is 0.289. The van der Waals surface area contributed by atoms with Gasteiger partial charge in [0.2, 0.25) is 0 Å². The Morgan fingerprint density at radius 1 is 1.10 bits per heavy atom. The van der Waals surface area contributed by atoms with Gasteiger partial charge in [-0.25, -0.2) is 9.97 Å². The van der Waals surface area contributed by atoms with Crippen molar-refractivity contribution < 1.29 is 27.8 Å². The molecule has 1 aliphatic heterocycles. The highest BCUT2D eigenvalue weighted by atomic mass is 35.5. The Morgan fingerprint density at radius 3 is 2.56 bits per heavy atom. The van der Waals surface area contributed by atoms with Crippen molar-refractivity contribution in [2.24, 2.45) is 0 Å². The minimum absolute atomic E-state index is 0.0264. The number of thiazole rings is 1. The van der Waals surface area contributed by atoms with Gasteiger partial charge in [0.1, 0.15) is 16.7 Å². The van der Waals surface area contributed by atoms with E-state index in [0.717, 1.165) is 4.88 Å². The lowest BCUT2D eigenvalue weighted by Gasteiger charge is -2.16. The summed E-state index contributed by atoms with van der Waals surface area (Å²) >= 11 is 7.38. The van der Waals surface area contributed by atoms with Crippen molar-refractivity contribution in [1.82, 2.24) is 19.9 Å². The highest BCUT2D eigenvalue weighted by molar-refractivity contribution is 7.16. The maximum absolute atomic E-state index is 13.3. The highest BCUT2D eigenvalue weighted by Crippen LogP contribution is 2.35. The topological polar surface area (TPSA) is 107 Å². The molecular formula is C26H20ClF2N5O4S. The minimum atomic E-state index is -2.94. The molecule has 1 N–H and O–H groups in total. The number of hydrogen-bond acceptors (Lipinski definition) is 8. The Balaban J connectivity index is 1.30. The first kappa shape index (κ1) is 26.4. The van der Waals surface area contributed by atoms with E-state index in [9.17, 15) is 18.4 Å². The number of benzene rings is 1. The van der Waals surface area contributed by atoms with Gasteiger partial charge in [-0.2, -0.15) is 8.78 Å². The molecule has 3 aromatic heterocycles. The lowest BCUT2D eigenvalue weighted by Crippen LogP contribution is -2.25. The van der Waals surface area contributed by atoms with E-state index in [2.05, 4.69) is 25.0 Å². The molecule has 0 saturated heterocycles. The second-order valence-electron chi connectivity index (χ2n) is 8.49. The molecule has 0 fully saturated rings. The summed E-state index contributed by atoms with van der Waals surface area (Å²) in [6.45, 7) is -0.571. The van der Waals surface area contributed by atoms with Crippen molar-refractivity contribution >= 4 is 39.9 Å². The first-order chi connectivity index (χ1) is 18.7. The number of nitrogens with zero attached hydrogens (tertiary/aromatic N) is 4. The molecule has 0 bridgehead atoms. The van der Waals surface area contributed by atoms with Gasteiger partial charge < -0.3 is 14.4 Å². The molecule has 0 aliphatic carbocycles. The van der Waals surface area contributed by atoms with E-state index < -0.39 is 12.5 Å². The van der Waals surface area contributed by atoms with Gasteiger partial charge >= 0.3 is 6.61 Å². The lowest BCUT2D eigenvalue weighted by atomic mass is 10.0. The molecule has 200 valence electrons. The predicted octanol–water partition coefficient (Wildman–Crippen LogP) is 5.58. The number of nitrogens with one attached hydrogen (secondary N) is 1. The van der Waals surface area contributed by atoms with Gasteiger partial charge in [-0.05, 0) is 43.3 Å². The predicted molar refractivity (Wildman–Crippen MR) is 140 cm³/mol. The van der Waals surface area contributed by atoms with Crippen LogP contribution in [0.2, 0.25) is 5.15 Å². The van der Waals surface area contributed by atoms with E-state index in [1.54, 1.807) is 17.0 Å². The summed E-state index contributed by atoms with van der Waals surface area (Å²) in [6, 6.07) is 8.89. The molecule has 39 heavy (non-hydrogen) atoms. The monoisotopic (exact) mass is 571 g/mol. The zero-order chi connectivity index (χ0) is 27.7. The molecule has 2 amide bonds. The third-order valence-electron chi connectivity index (χ3n) is 5.92. The zero-order valence-electron chi connectivity index (χ0n) is 20.6. The van der Waals surface area contributed by atoms with Crippen LogP contribution >= 0.6 is 22.9 Å². The summed E-state index contributed by atoms with van der Waals surface area (Å²) in [5.41, 5.74) is 3.18. The number of alkyl halides is 2. The van der Waals surface area contributed by atoms with Gasteiger partial charge in [-0.15, -0.1) is 0 Å². The van der Waals surface area contributed by atoms with Gasteiger partial charge in [0.15, 0.2) is 5.13 Å². The Labute approximate surface area is 230 Å². The van der Waals surface area contributed by atoms with Crippen LogP contribution in [0.4, 0.5) is 13.9 Å². The summed E-state index contributed by atoms with van der Waals surface area (Å²) in [6.07, 6.45) is 2.96. The molecule has 9 nitrogen and oxygen atoms in total. The Bertz CT molecular complexity index is 1540. The van der Waals surface area contributed by atoms with Crippen molar-refractivity contribution in [3.63, 3.8) is 0 Å². The molecule has 1 aliphatic rings. The van der Waals surface area contributed by atoms with Crippen molar-refractivity contribution in [2.45, 2.75) is 26.6 Å². The number of rotatable bonds is 7. The highest BCUT2D eigenvalue weighted by Gasteiger charge is 2.29. The smallest absolute Gasteiger partial charge is 0.387 e. The van der Waals surface area contributed by atoms with E-state index in [-0.39, 0.29) is 23.4 Å². The molecule has 0 atom stereocenters. The summed E-state index contributed by atoms with van der Waals surface area (Å²) in [7, 11) is 1.50. The number of methoxy groups -OCH3 is 1. The number of aromatic nitrogens is 3. The van der Waals surface area contributed by atoms with Crippen LogP contribution in [0.1, 0.15) is 37.0 Å². The summed E-state index contributed by atoms with van der Waals surface area (Å²) in [5.74, 6) is -0.261. The molecule has 1 aromatic carbocycles. The van der Waals surface area contributed by atoms with Crippen molar-refractivity contribution in [3.8, 4) is 22.6 Å². The average molecular weight is 572 g/mol. The second-order valence-corrected chi connectivity index (χ2v) is 9.96. The third kappa shape index (κ3) is 5.66. The molecule has 0 radical (unpaired) electrons. The molecule has 0 spiro atoms. The fourth-order valence-corrected chi connectivity index (χ4v) is 5.26. The van der Waals surface area contributed by atoms with Crippen LogP contribution in [-0.4, -0.2) is 45.4 Å². The largest absolute Gasteiger partial charge is 0.494 e. The standard InChI is InChI=1S/C26H20ClF2N5O4S/c1-13-7-16(17-8-22(27)31-10-20(17)37-2)18(9-30-13)23(35)33-26-32-19-11-34(12-21(19)39-26)24(36)14-3-5-15(6-4-14)38-25(28)29/h3-10,25H,11-12H2,1-2H3,(H,32,33,35). The average Bonchev–Trinajstić information content (AvgIpc) is 3.47. The molecule has 0 saturated carbocycles. The number of carbonyl (C=O) groups excluding carboxylic acids is 2. The number of carbonyl (C=O) groups is 2. The minimum Gasteiger partial charge on any atom is -0.494 e. The first-order valence-corrected chi connectivity index (χ1v) is 12.7. The van der Waals surface area contributed by atoms with Crippen molar-refractivity contribution in [1.29, 1.82) is 0 Å². The second kappa shape index (κ2) is 10.9. The number of ether oxygens (including phenoxy) is 2. The number of fused-ring (bicyclic) bond motifs is 1. The van der Waals surface area contributed by atoms with Crippen molar-refractivity contribution in [2.75, 3.05) is 12.4 Å². The number of amides is 2. The first-order valence-electron chi connectivity index (χ1n) is 11.5.